The summed E-state index contributed by atoms with van der Waals surface area (Å²) < 4.78 is 0. The molecule has 76 heavy (non-hydrogen) atoms. The molecular weight excluding hydrogens is 919 g/mol. The largest absolute Gasteiger partial charge is 0.256 e. The summed E-state index contributed by atoms with van der Waals surface area (Å²) in [5, 5.41) is 2.46. The third-order valence-corrected chi connectivity index (χ3v) is 16.9. The molecule has 2 fully saturated rings. The van der Waals surface area contributed by atoms with Crippen molar-refractivity contribution in [3.05, 3.63) is 271 Å². The van der Waals surface area contributed by atoms with Crippen LogP contribution in [0.2, 0.25) is 0 Å². The molecule has 13 rings (SSSR count). The maximum Gasteiger partial charge on any atom is 0.0708 e. The Balaban J connectivity index is 0.836. The van der Waals surface area contributed by atoms with Crippen LogP contribution in [0, 0.1) is 0 Å². The van der Waals surface area contributed by atoms with Crippen LogP contribution < -0.4 is 0 Å². The van der Waals surface area contributed by atoms with Crippen LogP contribution in [0.5, 0.6) is 0 Å². The smallest absolute Gasteiger partial charge is 0.0708 e. The Morgan fingerprint density at radius 1 is 0.276 bits per heavy atom. The van der Waals surface area contributed by atoms with E-state index in [9.17, 15) is 0 Å². The van der Waals surface area contributed by atoms with E-state index in [1.165, 1.54) is 134 Å². The zero-order chi connectivity index (χ0) is 50.7. The highest BCUT2D eigenvalue weighted by molar-refractivity contribution is 5.91. The molecule has 0 spiro atoms. The van der Waals surface area contributed by atoms with Gasteiger partial charge in [-0.25, -0.2) is 0 Å². The van der Waals surface area contributed by atoms with Gasteiger partial charge in [0.2, 0.25) is 0 Å². The Morgan fingerprint density at radius 3 is 1.22 bits per heavy atom. The van der Waals surface area contributed by atoms with Gasteiger partial charge in [-0.05, 0) is 175 Å². The van der Waals surface area contributed by atoms with E-state index in [0.717, 1.165) is 41.1 Å². The highest BCUT2D eigenvalue weighted by Gasteiger charge is 2.38. The van der Waals surface area contributed by atoms with Gasteiger partial charge < -0.3 is 0 Å². The van der Waals surface area contributed by atoms with E-state index in [1.807, 2.05) is 30.7 Å². The van der Waals surface area contributed by atoms with E-state index in [1.54, 1.807) is 0 Å². The third-order valence-electron chi connectivity index (χ3n) is 16.9. The molecule has 368 valence electrons. The highest BCUT2D eigenvalue weighted by Crippen LogP contribution is 2.48. The molecule has 3 aromatic heterocycles. The normalized spacial score (nSPS) is 14.7. The molecule has 8 aromatic carbocycles. The van der Waals surface area contributed by atoms with Gasteiger partial charge in [0.05, 0.1) is 17.1 Å². The zero-order valence-electron chi connectivity index (χ0n) is 43.1. The first-order valence-corrected chi connectivity index (χ1v) is 27.5. The summed E-state index contributed by atoms with van der Waals surface area (Å²) in [4.78, 5) is 14.2. The van der Waals surface area contributed by atoms with Crippen molar-refractivity contribution >= 4 is 10.8 Å². The Bertz CT molecular complexity index is 3650. The molecule has 11 aromatic rings. The topological polar surface area (TPSA) is 38.7 Å². The van der Waals surface area contributed by atoms with Crippen LogP contribution in [0.1, 0.15) is 73.6 Å². The van der Waals surface area contributed by atoms with Gasteiger partial charge in [0.1, 0.15) is 0 Å². The second-order valence-corrected chi connectivity index (χ2v) is 21.6. The molecule has 2 aliphatic rings. The molecule has 0 atom stereocenters. The van der Waals surface area contributed by atoms with Crippen LogP contribution >= 0.6 is 0 Å². The van der Waals surface area contributed by atoms with Gasteiger partial charge in [-0.3, -0.25) is 15.0 Å². The molecule has 3 nitrogen and oxygen atoms in total. The number of fused-ring (bicyclic) bond motifs is 1. The number of nitrogens with zero attached hydrogens (tertiary/aromatic N) is 3. The number of rotatable bonds is 13. The maximum atomic E-state index is 4.90. The van der Waals surface area contributed by atoms with Crippen molar-refractivity contribution in [1.82, 2.24) is 15.0 Å². The van der Waals surface area contributed by atoms with Crippen LogP contribution in [0.4, 0.5) is 0 Å². The monoisotopic (exact) mass is 979 g/mol. The average Bonchev–Trinajstić information content (AvgIpc) is 4.20. The van der Waals surface area contributed by atoms with E-state index in [0.29, 0.717) is 0 Å². The summed E-state index contributed by atoms with van der Waals surface area (Å²) in [5.41, 5.74) is 22.2. The van der Waals surface area contributed by atoms with Gasteiger partial charge in [0, 0.05) is 35.3 Å². The number of benzene rings is 8. The van der Waals surface area contributed by atoms with Crippen molar-refractivity contribution < 1.29 is 0 Å². The first-order valence-electron chi connectivity index (χ1n) is 27.5. The Morgan fingerprint density at radius 2 is 0.697 bits per heavy atom. The fourth-order valence-electron chi connectivity index (χ4n) is 13.0. The fraction of sp³-hybridized carbons (Fsp3) is 0.164. The van der Waals surface area contributed by atoms with Crippen LogP contribution in [-0.4, -0.2) is 15.0 Å². The molecule has 2 aliphatic carbocycles. The number of hydrogen-bond donors (Lipinski definition) is 0. The van der Waals surface area contributed by atoms with Crippen LogP contribution in [0.3, 0.4) is 0 Å². The van der Waals surface area contributed by atoms with E-state index in [4.69, 9.17) is 4.98 Å². The van der Waals surface area contributed by atoms with E-state index in [-0.39, 0.29) is 10.8 Å². The zero-order valence-corrected chi connectivity index (χ0v) is 43.1. The number of aromatic nitrogens is 3. The lowest BCUT2D eigenvalue weighted by Gasteiger charge is -2.32. The first kappa shape index (κ1) is 47.2. The standard InChI is InChI=1S/C73H61N3/c1-2-14-54(15-3-1)59-24-25-61-48-62(27-26-60(61)47-59)63-36-43-76-71(49-63)58-22-20-55(21-23-58)67-16-4-5-17-68(67)64-45-52(50-72(37-8-9-38-72)65-32-28-56(29-33-65)69-18-6-12-41-74-69)44-53(46-64)51-73(39-10-11-40-73)66-34-30-57(31-35-66)70-19-7-13-42-75-70/h1-7,12-36,41-49H,8-11,37-40,50-51H2. The lowest BCUT2D eigenvalue weighted by molar-refractivity contribution is 0.432. The maximum absolute atomic E-state index is 4.90. The van der Waals surface area contributed by atoms with Gasteiger partial charge in [0.15, 0.2) is 0 Å². The lowest BCUT2D eigenvalue weighted by Crippen LogP contribution is -2.26. The summed E-state index contributed by atoms with van der Waals surface area (Å²) in [7, 11) is 0. The van der Waals surface area contributed by atoms with Crippen molar-refractivity contribution in [1.29, 1.82) is 0 Å². The van der Waals surface area contributed by atoms with E-state index >= 15 is 0 Å². The van der Waals surface area contributed by atoms with Crippen molar-refractivity contribution in [3.8, 4) is 78.3 Å². The molecule has 0 amide bonds. The van der Waals surface area contributed by atoms with Crippen LogP contribution in [0.15, 0.2) is 249 Å². The van der Waals surface area contributed by atoms with Gasteiger partial charge >= 0.3 is 0 Å². The van der Waals surface area contributed by atoms with Gasteiger partial charge in [-0.2, -0.15) is 0 Å². The molecule has 0 unspecified atom stereocenters. The second kappa shape index (κ2) is 20.6. The predicted molar refractivity (Wildman–Crippen MR) is 316 cm³/mol. The Kier molecular flexibility index (Phi) is 12.8. The quantitative estimate of drug-likeness (QED) is 0.116. The van der Waals surface area contributed by atoms with Gasteiger partial charge in [0.25, 0.3) is 0 Å². The third kappa shape index (κ3) is 9.59. The minimum absolute atomic E-state index is 0.0759. The van der Waals surface area contributed by atoms with Crippen molar-refractivity contribution in [2.45, 2.75) is 75.0 Å². The van der Waals surface area contributed by atoms with Crippen molar-refractivity contribution in [3.63, 3.8) is 0 Å². The molecule has 0 radical (unpaired) electrons. The molecule has 3 heterocycles. The molecule has 2 saturated carbocycles. The van der Waals surface area contributed by atoms with Crippen molar-refractivity contribution in [2.75, 3.05) is 0 Å². The Hall–Kier alpha value is -8.53. The van der Waals surface area contributed by atoms with Gasteiger partial charge in [-0.1, -0.05) is 208 Å². The van der Waals surface area contributed by atoms with E-state index in [2.05, 4.69) is 228 Å². The summed E-state index contributed by atoms with van der Waals surface area (Å²) in [5.74, 6) is 0. The van der Waals surface area contributed by atoms with Crippen molar-refractivity contribution in [2.24, 2.45) is 0 Å². The SMILES string of the molecule is c1ccc(-c2ccc3cc(-c4ccnc(-c5ccc(-c6ccccc6-c6cc(CC7(c8ccc(-c9ccccn9)cc8)CCCC7)cc(CC7(c8ccc(-c9ccccn9)cc8)CCCC7)c6)cc5)c4)ccc3c2)cc1. The van der Waals surface area contributed by atoms with Crippen LogP contribution in [-0.2, 0) is 23.7 Å². The molecule has 3 heteroatoms. The molecule has 0 N–H and O–H groups in total. The average molecular weight is 980 g/mol. The number of pyridine rings is 3. The number of hydrogen-bond acceptors (Lipinski definition) is 3. The lowest BCUT2D eigenvalue weighted by atomic mass is 9.71. The molecular formula is C73H61N3. The second-order valence-electron chi connectivity index (χ2n) is 21.6. The first-order chi connectivity index (χ1) is 37.5. The van der Waals surface area contributed by atoms with E-state index < -0.39 is 0 Å². The molecule has 0 aliphatic heterocycles. The summed E-state index contributed by atoms with van der Waals surface area (Å²) in [6.45, 7) is 0. The summed E-state index contributed by atoms with van der Waals surface area (Å²) in [6.07, 6.45) is 17.5. The van der Waals surface area contributed by atoms with Crippen LogP contribution in [0.25, 0.3) is 89.1 Å². The summed E-state index contributed by atoms with van der Waals surface area (Å²) >= 11 is 0. The Labute approximate surface area is 448 Å². The molecule has 0 saturated heterocycles. The fourth-order valence-corrected chi connectivity index (χ4v) is 13.0. The predicted octanol–water partition coefficient (Wildman–Crippen LogP) is 18.8. The molecule has 0 bridgehead atoms. The van der Waals surface area contributed by atoms with Gasteiger partial charge in [-0.15, -0.1) is 0 Å². The minimum Gasteiger partial charge on any atom is -0.256 e. The minimum atomic E-state index is 0.0759. The highest BCUT2D eigenvalue weighted by atomic mass is 14.7. The summed E-state index contributed by atoms with van der Waals surface area (Å²) in [6, 6.07) is 85.4.